The molecule has 2 aromatic heterocycles. The van der Waals surface area contributed by atoms with Crippen molar-refractivity contribution in [3.63, 3.8) is 0 Å². The minimum absolute atomic E-state index is 0.00509. The molecule has 8 nitrogen and oxygen atoms in total. The Hall–Kier alpha value is -3.85. The smallest absolute Gasteiger partial charge is 0.233 e. The minimum atomic E-state index is -0.219. The Morgan fingerprint density at radius 1 is 1.06 bits per heavy atom. The van der Waals surface area contributed by atoms with Gasteiger partial charge in [0.15, 0.2) is 28.6 Å². The summed E-state index contributed by atoms with van der Waals surface area (Å²) in [6.07, 6.45) is 3.26. The van der Waals surface area contributed by atoms with E-state index in [1.165, 1.54) is 11.8 Å². The molecule has 0 saturated heterocycles. The van der Waals surface area contributed by atoms with E-state index in [1.54, 1.807) is 17.3 Å². The van der Waals surface area contributed by atoms with Gasteiger partial charge in [-0.25, -0.2) is 0 Å². The van der Waals surface area contributed by atoms with Gasteiger partial charge in [-0.3, -0.25) is 14.3 Å². The van der Waals surface area contributed by atoms with Crippen molar-refractivity contribution in [3.05, 3.63) is 79.1 Å². The van der Waals surface area contributed by atoms with Gasteiger partial charge in [-0.2, -0.15) is 0 Å². The van der Waals surface area contributed by atoms with Crippen molar-refractivity contribution in [1.29, 1.82) is 0 Å². The van der Waals surface area contributed by atoms with Gasteiger partial charge in [0.2, 0.25) is 5.91 Å². The van der Waals surface area contributed by atoms with E-state index in [0.29, 0.717) is 36.4 Å². The molecule has 1 atom stereocenters. The second kappa shape index (κ2) is 10.6. The Morgan fingerprint density at radius 2 is 1.86 bits per heavy atom. The number of amides is 1. The van der Waals surface area contributed by atoms with Crippen molar-refractivity contribution in [3.8, 4) is 28.6 Å². The molecule has 4 aromatic rings. The van der Waals surface area contributed by atoms with E-state index in [1.807, 2.05) is 78.2 Å². The quantitative estimate of drug-likeness (QED) is 0.346. The third kappa shape index (κ3) is 5.14. The monoisotopic (exact) mass is 487 g/mol. The van der Waals surface area contributed by atoms with Crippen molar-refractivity contribution < 1.29 is 14.3 Å². The molecule has 2 aromatic carbocycles. The second-order valence-electron chi connectivity index (χ2n) is 7.94. The third-order valence-electron chi connectivity index (χ3n) is 5.62. The molecule has 0 aliphatic carbocycles. The molecule has 178 valence electrons. The largest absolute Gasteiger partial charge is 0.486 e. The average molecular weight is 488 g/mol. The number of benzene rings is 2. The summed E-state index contributed by atoms with van der Waals surface area (Å²) in [5, 5.41) is 9.45. The number of carbonyl (C=O) groups excluding carboxylic acids is 1. The first-order chi connectivity index (χ1) is 17.2. The SMILES string of the molecule is CCN(C[C@@H]1COc2ccccc2O1)C(=O)CSc1nnc(-c2cccnc2)n1-c1ccccc1. The number of ether oxygens (including phenoxy) is 2. The summed E-state index contributed by atoms with van der Waals surface area (Å²) in [6, 6.07) is 21.3. The maximum atomic E-state index is 13.1. The van der Waals surface area contributed by atoms with Gasteiger partial charge in [0.05, 0.1) is 12.3 Å². The van der Waals surface area contributed by atoms with Crippen LogP contribution in [0.5, 0.6) is 11.5 Å². The van der Waals surface area contributed by atoms with Gasteiger partial charge < -0.3 is 14.4 Å². The predicted octanol–water partition coefficient (Wildman–Crippen LogP) is 4.11. The lowest BCUT2D eigenvalue weighted by atomic mass is 10.2. The summed E-state index contributed by atoms with van der Waals surface area (Å²) < 4.78 is 13.8. The van der Waals surface area contributed by atoms with Crippen LogP contribution >= 0.6 is 11.8 Å². The summed E-state index contributed by atoms with van der Waals surface area (Å²) >= 11 is 1.37. The van der Waals surface area contributed by atoms with Gasteiger partial charge in [-0.1, -0.05) is 42.1 Å². The van der Waals surface area contributed by atoms with Crippen LogP contribution in [0.2, 0.25) is 0 Å². The fourth-order valence-electron chi connectivity index (χ4n) is 3.88. The molecule has 1 aliphatic heterocycles. The summed E-state index contributed by atoms with van der Waals surface area (Å²) in [5.74, 6) is 2.36. The fraction of sp³-hybridized carbons (Fsp3) is 0.231. The number of fused-ring (bicyclic) bond motifs is 1. The van der Waals surface area contributed by atoms with Crippen LogP contribution in [0.4, 0.5) is 0 Å². The number of likely N-dealkylation sites (N-methyl/N-ethyl adjacent to an activating group) is 1. The molecule has 0 fully saturated rings. The summed E-state index contributed by atoms with van der Waals surface area (Å²) in [4.78, 5) is 19.1. The van der Waals surface area contributed by atoms with Crippen LogP contribution in [-0.2, 0) is 4.79 Å². The number of hydrogen-bond donors (Lipinski definition) is 0. The first-order valence-corrected chi connectivity index (χ1v) is 12.4. The lowest BCUT2D eigenvalue weighted by Crippen LogP contribution is -2.44. The molecule has 0 N–H and O–H groups in total. The summed E-state index contributed by atoms with van der Waals surface area (Å²) in [5.41, 5.74) is 1.78. The number of para-hydroxylation sites is 3. The molecular formula is C26H25N5O3S. The zero-order valence-electron chi connectivity index (χ0n) is 19.3. The van der Waals surface area contributed by atoms with Gasteiger partial charge >= 0.3 is 0 Å². The Bertz CT molecular complexity index is 1280. The topological polar surface area (TPSA) is 82.4 Å². The number of rotatable bonds is 8. The molecule has 35 heavy (non-hydrogen) atoms. The molecule has 0 bridgehead atoms. The number of carbonyl (C=O) groups is 1. The van der Waals surface area contributed by atoms with E-state index in [4.69, 9.17) is 9.47 Å². The molecule has 0 saturated carbocycles. The van der Waals surface area contributed by atoms with Crippen LogP contribution in [0.25, 0.3) is 17.1 Å². The third-order valence-corrected chi connectivity index (χ3v) is 6.53. The van der Waals surface area contributed by atoms with Crippen molar-refractivity contribution in [1.82, 2.24) is 24.6 Å². The zero-order valence-corrected chi connectivity index (χ0v) is 20.1. The van der Waals surface area contributed by atoms with Crippen molar-refractivity contribution in [2.24, 2.45) is 0 Å². The Morgan fingerprint density at radius 3 is 2.63 bits per heavy atom. The number of aromatic nitrogens is 4. The molecule has 1 aliphatic rings. The van der Waals surface area contributed by atoms with Crippen LogP contribution in [0.3, 0.4) is 0 Å². The molecule has 0 radical (unpaired) electrons. The summed E-state index contributed by atoms with van der Waals surface area (Å²) in [7, 11) is 0. The fourth-order valence-corrected chi connectivity index (χ4v) is 4.73. The van der Waals surface area contributed by atoms with Crippen LogP contribution in [-0.4, -0.2) is 62.1 Å². The van der Waals surface area contributed by atoms with Gasteiger partial charge in [-0.15, -0.1) is 10.2 Å². The normalized spacial score (nSPS) is 14.5. The maximum Gasteiger partial charge on any atom is 0.233 e. The van der Waals surface area contributed by atoms with Crippen molar-refractivity contribution in [2.75, 3.05) is 25.4 Å². The van der Waals surface area contributed by atoms with E-state index in [0.717, 1.165) is 17.0 Å². The molecule has 5 rings (SSSR count). The van der Waals surface area contributed by atoms with Crippen molar-refractivity contribution in [2.45, 2.75) is 18.2 Å². The number of hydrogen-bond acceptors (Lipinski definition) is 7. The van der Waals surface area contributed by atoms with Crippen molar-refractivity contribution >= 4 is 17.7 Å². The van der Waals surface area contributed by atoms with E-state index in [-0.39, 0.29) is 17.8 Å². The highest BCUT2D eigenvalue weighted by molar-refractivity contribution is 7.99. The molecule has 0 unspecified atom stereocenters. The van der Waals surface area contributed by atoms with Crippen LogP contribution < -0.4 is 9.47 Å². The maximum absolute atomic E-state index is 13.1. The Labute approximate surface area is 207 Å². The average Bonchev–Trinajstić information content (AvgIpc) is 3.35. The zero-order chi connectivity index (χ0) is 24.0. The summed E-state index contributed by atoms with van der Waals surface area (Å²) in [6.45, 7) is 3.40. The van der Waals surface area contributed by atoms with E-state index in [9.17, 15) is 4.79 Å². The number of pyridine rings is 1. The highest BCUT2D eigenvalue weighted by Crippen LogP contribution is 2.31. The minimum Gasteiger partial charge on any atom is -0.486 e. The van der Waals surface area contributed by atoms with Gasteiger partial charge in [0, 0.05) is 30.2 Å². The molecule has 0 spiro atoms. The van der Waals surface area contributed by atoms with E-state index >= 15 is 0 Å². The van der Waals surface area contributed by atoms with Gasteiger partial charge in [0.1, 0.15) is 6.61 Å². The molecular weight excluding hydrogens is 462 g/mol. The molecule has 3 heterocycles. The highest BCUT2D eigenvalue weighted by Gasteiger charge is 2.25. The lowest BCUT2D eigenvalue weighted by Gasteiger charge is -2.30. The Kier molecular flexibility index (Phi) is 6.94. The van der Waals surface area contributed by atoms with Crippen LogP contribution in [0.1, 0.15) is 6.92 Å². The standard InChI is InChI=1S/C26H25N5O3S/c1-2-30(16-21-17-33-22-12-6-7-13-23(22)34-21)24(32)18-35-26-29-28-25(19-9-8-14-27-15-19)31(26)20-10-4-3-5-11-20/h3-15,21H,2,16-18H2,1H3/t21-/m1/s1. The number of thioether (sulfide) groups is 1. The highest BCUT2D eigenvalue weighted by atomic mass is 32.2. The Balaban J connectivity index is 1.30. The van der Waals surface area contributed by atoms with Crippen LogP contribution in [0.15, 0.2) is 84.3 Å². The number of nitrogens with zero attached hydrogens (tertiary/aromatic N) is 5. The molecule has 9 heteroatoms. The van der Waals surface area contributed by atoms with Gasteiger partial charge in [0.25, 0.3) is 0 Å². The van der Waals surface area contributed by atoms with Crippen LogP contribution in [0, 0.1) is 0 Å². The first kappa shape index (κ1) is 22.9. The molecule has 1 amide bonds. The predicted molar refractivity (Wildman–Crippen MR) is 134 cm³/mol. The van der Waals surface area contributed by atoms with Gasteiger partial charge in [-0.05, 0) is 43.3 Å². The lowest BCUT2D eigenvalue weighted by molar-refractivity contribution is -0.129. The second-order valence-corrected chi connectivity index (χ2v) is 8.88. The van der Waals surface area contributed by atoms with E-state index < -0.39 is 0 Å². The van der Waals surface area contributed by atoms with E-state index in [2.05, 4.69) is 15.2 Å². The first-order valence-electron chi connectivity index (χ1n) is 11.4.